The van der Waals surface area contributed by atoms with Gasteiger partial charge in [0, 0.05) is 10.7 Å². The summed E-state index contributed by atoms with van der Waals surface area (Å²) >= 11 is 6.05. The number of carbonyl (C=O) groups excluding carboxylic acids is 1. The highest BCUT2D eigenvalue weighted by Gasteiger charge is 2.29. The van der Waals surface area contributed by atoms with E-state index in [1.807, 2.05) is 0 Å². The fourth-order valence-electron chi connectivity index (χ4n) is 2.36. The molecule has 1 N–H and O–H groups in total. The number of hydrogen-bond donors (Lipinski definition) is 1. The van der Waals surface area contributed by atoms with E-state index < -0.39 is 22.0 Å². The van der Waals surface area contributed by atoms with Crippen molar-refractivity contribution in [1.29, 1.82) is 0 Å². The number of benzene rings is 2. The minimum Gasteiger partial charge on any atom is -0.324 e. The van der Waals surface area contributed by atoms with Crippen LogP contribution < -0.4 is 9.62 Å². The van der Waals surface area contributed by atoms with Crippen LogP contribution in [0.4, 0.5) is 11.4 Å². The van der Waals surface area contributed by atoms with Gasteiger partial charge < -0.3 is 5.32 Å². The maximum absolute atomic E-state index is 12.6. The van der Waals surface area contributed by atoms with E-state index in [1.165, 1.54) is 0 Å². The maximum atomic E-state index is 12.6. The van der Waals surface area contributed by atoms with Gasteiger partial charge in [-0.05, 0) is 43.7 Å². The summed E-state index contributed by atoms with van der Waals surface area (Å²) in [5.41, 5.74) is 1.72. The van der Waals surface area contributed by atoms with Gasteiger partial charge in [0.25, 0.3) is 0 Å². The Morgan fingerprint density at radius 3 is 2.33 bits per heavy atom. The molecule has 7 heteroatoms. The Bertz CT molecular complexity index is 838. The van der Waals surface area contributed by atoms with Crippen LogP contribution in [0.25, 0.3) is 0 Å². The van der Waals surface area contributed by atoms with Gasteiger partial charge in [0.05, 0.1) is 11.9 Å². The molecule has 5 nitrogen and oxygen atoms in total. The van der Waals surface area contributed by atoms with E-state index in [-0.39, 0.29) is 0 Å². The zero-order valence-electron chi connectivity index (χ0n) is 13.7. The molecule has 0 saturated heterocycles. The van der Waals surface area contributed by atoms with Crippen molar-refractivity contribution in [1.82, 2.24) is 0 Å². The smallest absolute Gasteiger partial charge is 0.248 e. The third-order valence-corrected chi connectivity index (χ3v) is 5.28. The Morgan fingerprint density at radius 2 is 1.75 bits per heavy atom. The van der Waals surface area contributed by atoms with Crippen LogP contribution in [0.15, 0.2) is 48.5 Å². The van der Waals surface area contributed by atoms with Gasteiger partial charge in [0.15, 0.2) is 0 Å². The molecule has 1 amide bonds. The standard InChI is InChI=1S/C17H19ClN2O3S/c1-12-15(18)10-7-11-16(12)19-17(21)13(2)20(24(3,22)23)14-8-5-4-6-9-14/h4-11,13H,1-3H3,(H,19,21). The Balaban J connectivity index is 2.31. The van der Waals surface area contributed by atoms with Gasteiger partial charge in [-0.3, -0.25) is 9.10 Å². The Kier molecular flexibility index (Phi) is 5.51. The second-order valence-corrected chi connectivity index (χ2v) is 7.74. The number of rotatable bonds is 5. The second-order valence-electron chi connectivity index (χ2n) is 5.47. The molecule has 0 radical (unpaired) electrons. The molecule has 0 aromatic heterocycles. The summed E-state index contributed by atoms with van der Waals surface area (Å²) in [5, 5.41) is 3.27. The van der Waals surface area contributed by atoms with E-state index in [0.29, 0.717) is 16.4 Å². The van der Waals surface area contributed by atoms with E-state index in [0.717, 1.165) is 16.1 Å². The number of carbonyl (C=O) groups is 1. The molecule has 128 valence electrons. The molecule has 0 aliphatic heterocycles. The number of halogens is 1. The third-order valence-electron chi connectivity index (χ3n) is 3.62. The zero-order chi connectivity index (χ0) is 17.9. The van der Waals surface area contributed by atoms with Crippen molar-refractivity contribution in [3.8, 4) is 0 Å². The minimum absolute atomic E-state index is 0.436. The number of nitrogens with zero attached hydrogens (tertiary/aromatic N) is 1. The Hall–Kier alpha value is -2.05. The van der Waals surface area contributed by atoms with E-state index in [4.69, 9.17) is 11.6 Å². The highest BCUT2D eigenvalue weighted by molar-refractivity contribution is 7.92. The van der Waals surface area contributed by atoms with Crippen molar-refractivity contribution in [2.24, 2.45) is 0 Å². The molecule has 1 atom stereocenters. The van der Waals surface area contributed by atoms with Crippen LogP contribution in [0.1, 0.15) is 12.5 Å². The Labute approximate surface area is 147 Å². The lowest BCUT2D eigenvalue weighted by Crippen LogP contribution is -2.45. The Morgan fingerprint density at radius 1 is 1.12 bits per heavy atom. The highest BCUT2D eigenvalue weighted by atomic mass is 35.5. The minimum atomic E-state index is -3.63. The molecule has 0 fully saturated rings. The number of nitrogens with one attached hydrogen (secondary N) is 1. The summed E-state index contributed by atoms with van der Waals surface area (Å²) in [5.74, 6) is -0.436. The summed E-state index contributed by atoms with van der Waals surface area (Å²) in [4.78, 5) is 12.6. The van der Waals surface area contributed by atoms with Crippen molar-refractivity contribution < 1.29 is 13.2 Å². The molecular weight excluding hydrogens is 348 g/mol. The van der Waals surface area contributed by atoms with Gasteiger partial charge in [0.2, 0.25) is 15.9 Å². The van der Waals surface area contributed by atoms with Crippen LogP contribution in [0.5, 0.6) is 0 Å². The number of sulfonamides is 1. The average Bonchev–Trinajstić information content (AvgIpc) is 2.51. The molecule has 0 aliphatic carbocycles. The van der Waals surface area contributed by atoms with E-state index in [1.54, 1.807) is 62.4 Å². The first kappa shape index (κ1) is 18.3. The summed E-state index contributed by atoms with van der Waals surface area (Å²) < 4.78 is 25.5. The predicted octanol–water partition coefficient (Wildman–Crippen LogP) is 3.44. The lowest BCUT2D eigenvalue weighted by atomic mass is 10.2. The molecule has 24 heavy (non-hydrogen) atoms. The van der Waals surface area contributed by atoms with Gasteiger partial charge in [0.1, 0.15) is 6.04 Å². The molecule has 0 heterocycles. The summed E-state index contributed by atoms with van der Waals surface area (Å²) in [6.45, 7) is 3.33. The average molecular weight is 367 g/mol. The summed E-state index contributed by atoms with van der Waals surface area (Å²) in [7, 11) is -3.63. The molecule has 0 bridgehead atoms. The summed E-state index contributed by atoms with van der Waals surface area (Å²) in [6.07, 6.45) is 1.08. The second kappa shape index (κ2) is 7.23. The first-order chi connectivity index (χ1) is 11.2. The lowest BCUT2D eigenvalue weighted by Gasteiger charge is -2.28. The molecule has 0 spiro atoms. The van der Waals surface area contributed by atoms with E-state index in [2.05, 4.69) is 5.32 Å². The number of hydrogen-bond acceptors (Lipinski definition) is 3. The van der Waals surface area contributed by atoms with Crippen molar-refractivity contribution in [3.05, 3.63) is 59.1 Å². The fraction of sp³-hybridized carbons (Fsp3) is 0.235. The van der Waals surface area contributed by atoms with Crippen LogP contribution in [0.3, 0.4) is 0 Å². The van der Waals surface area contributed by atoms with Crippen LogP contribution >= 0.6 is 11.6 Å². The third kappa shape index (κ3) is 4.07. The topological polar surface area (TPSA) is 66.5 Å². The van der Waals surface area contributed by atoms with Crippen molar-refractivity contribution >= 4 is 38.9 Å². The van der Waals surface area contributed by atoms with Crippen LogP contribution in [-0.2, 0) is 14.8 Å². The predicted molar refractivity (Wildman–Crippen MR) is 98.0 cm³/mol. The largest absolute Gasteiger partial charge is 0.324 e. The molecule has 0 aliphatic rings. The number of amides is 1. The lowest BCUT2D eigenvalue weighted by molar-refractivity contribution is -0.116. The van der Waals surface area contributed by atoms with Gasteiger partial charge in [-0.1, -0.05) is 35.9 Å². The van der Waals surface area contributed by atoms with Crippen molar-refractivity contribution in [3.63, 3.8) is 0 Å². The van der Waals surface area contributed by atoms with Gasteiger partial charge in [-0.25, -0.2) is 8.42 Å². The molecule has 2 rings (SSSR count). The quantitative estimate of drug-likeness (QED) is 0.881. The molecular formula is C17H19ClN2O3S. The van der Waals surface area contributed by atoms with E-state index >= 15 is 0 Å². The maximum Gasteiger partial charge on any atom is 0.248 e. The van der Waals surface area contributed by atoms with Gasteiger partial charge in [-0.2, -0.15) is 0 Å². The highest BCUT2D eigenvalue weighted by Crippen LogP contribution is 2.25. The SMILES string of the molecule is Cc1c(Cl)cccc1NC(=O)C(C)N(c1ccccc1)S(C)(=O)=O. The number of para-hydroxylation sites is 1. The molecule has 2 aromatic carbocycles. The molecule has 2 aromatic rings. The molecule has 1 unspecified atom stereocenters. The van der Waals surface area contributed by atoms with Crippen LogP contribution in [-0.4, -0.2) is 26.6 Å². The molecule has 0 saturated carbocycles. The zero-order valence-corrected chi connectivity index (χ0v) is 15.2. The monoisotopic (exact) mass is 366 g/mol. The first-order valence-corrected chi connectivity index (χ1v) is 9.55. The fourth-order valence-corrected chi connectivity index (χ4v) is 3.71. The van der Waals surface area contributed by atoms with Crippen LogP contribution in [0, 0.1) is 6.92 Å². The summed E-state index contributed by atoms with van der Waals surface area (Å²) in [6, 6.07) is 12.8. The first-order valence-electron chi connectivity index (χ1n) is 7.32. The van der Waals surface area contributed by atoms with Crippen molar-refractivity contribution in [2.45, 2.75) is 19.9 Å². The van der Waals surface area contributed by atoms with Gasteiger partial charge >= 0.3 is 0 Å². The normalized spacial score (nSPS) is 12.5. The van der Waals surface area contributed by atoms with Gasteiger partial charge in [-0.15, -0.1) is 0 Å². The van der Waals surface area contributed by atoms with Crippen molar-refractivity contribution in [2.75, 3.05) is 15.9 Å². The van der Waals surface area contributed by atoms with Crippen LogP contribution in [0.2, 0.25) is 5.02 Å². The van der Waals surface area contributed by atoms with E-state index in [9.17, 15) is 13.2 Å². The number of anilines is 2.